The van der Waals surface area contributed by atoms with Crippen LogP contribution in [0.4, 0.5) is 0 Å². The molecule has 19 heavy (non-hydrogen) atoms. The summed E-state index contributed by atoms with van der Waals surface area (Å²) in [5, 5.41) is 0. The molecule has 0 saturated heterocycles. The Morgan fingerprint density at radius 2 is 1.63 bits per heavy atom. The van der Waals surface area contributed by atoms with Gasteiger partial charge in [-0.2, -0.15) is 0 Å². The standard InChI is InChI=1S/C14H30O4S/c1-4-6-7-8-9-10-11-13(3)18-14(5-2)12-19(15,16)17/h13-14H,4-12H2,1-3H3,(H,15,16,17)/p-1. The van der Waals surface area contributed by atoms with Gasteiger partial charge in [0.15, 0.2) is 0 Å². The molecule has 0 aromatic heterocycles. The summed E-state index contributed by atoms with van der Waals surface area (Å²) in [6.45, 7) is 5.99. The van der Waals surface area contributed by atoms with Gasteiger partial charge in [0, 0.05) is 0 Å². The first-order chi connectivity index (χ1) is 8.89. The molecule has 0 rings (SSSR count). The largest absolute Gasteiger partial charge is 0.748 e. The Hall–Kier alpha value is -0.130. The van der Waals surface area contributed by atoms with Gasteiger partial charge >= 0.3 is 0 Å². The molecule has 0 N–H and O–H groups in total. The molecule has 0 spiro atoms. The molecule has 0 aliphatic rings. The van der Waals surface area contributed by atoms with Gasteiger partial charge in [-0.15, -0.1) is 0 Å². The summed E-state index contributed by atoms with van der Waals surface area (Å²) < 4.78 is 37.7. The predicted molar refractivity (Wildman–Crippen MR) is 77.2 cm³/mol. The second-order valence-electron chi connectivity index (χ2n) is 5.26. The lowest BCUT2D eigenvalue weighted by atomic mass is 10.1. The maximum atomic E-state index is 10.7. The van der Waals surface area contributed by atoms with Gasteiger partial charge in [0.1, 0.15) is 0 Å². The third-order valence-corrected chi connectivity index (χ3v) is 4.01. The number of rotatable bonds is 12. The zero-order chi connectivity index (χ0) is 14.7. The highest BCUT2D eigenvalue weighted by Crippen LogP contribution is 2.13. The lowest BCUT2D eigenvalue weighted by molar-refractivity contribution is 0.00243. The van der Waals surface area contributed by atoms with Crippen LogP contribution >= 0.6 is 0 Å². The highest BCUT2D eigenvalue weighted by Gasteiger charge is 2.14. The summed E-state index contributed by atoms with van der Waals surface area (Å²) in [4.78, 5) is 0. The zero-order valence-electron chi connectivity index (χ0n) is 12.6. The molecule has 0 aliphatic carbocycles. The van der Waals surface area contributed by atoms with Crippen LogP contribution in [0.15, 0.2) is 0 Å². The van der Waals surface area contributed by atoms with E-state index in [4.69, 9.17) is 4.74 Å². The molecule has 0 amide bonds. The molecule has 4 nitrogen and oxygen atoms in total. The Bertz CT molecular complexity index is 301. The first-order valence-corrected chi connectivity index (χ1v) is 9.05. The van der Waals surface area contributed by atoms with Crippen molar-refractivity contribution in [3.8, 4) is 0 Å². The topological polar surface area (TPSA) is 66.4 Å². The number of hydrogen-bond acceptors (Lipinski definition) is 4. The highest BCUT2D eigenvalue weighted by atomic mass is 32.2. The monoisotopic (exact) mass is 293 g/mol. The number of unbranched alkanes of at least 4 members (excludes halogenated alkanes) is 5. The molecule has 2 atom stereocenters. The normalized spacial score (nSPS) is 15.4. The fraction of sp³-hybridized carbons (Fsp3) is 1.00. The average molecular weight is 293 g/mol. The molecule has 0 saturated carbocycles. The molecule has 5 heteroatoms. The first-order valence-electron chi connectivity index (χ1n) is 7.48. The van der Waals surface area contributed by atoms with E-state index in [1.807, 2.05) is 13.8 Å². The number of hydrogen-bond donors (Lipinski definition) is 0. The Labute approximate surface area is 118 Å². The lowest BCUT2D eigenvalue weighted by Gasteiger charge is -2.22. The van der Waals surface area contributed by atoms with E-state index < -0.39 is 22.0 Å². The molecule has 0 heterocycles. The minimum absolute atomic E-state index is 0.0258. The van der Waals surface area contributed by atoms with Crippen molar-refractivity contribution in [1.29, 1.82) is 0 Å². The van der Waals surface area contributed by atoms with Gasteiger partial charge in [0.25, 0.3) is 0 Å². The molecule has 0 bridgehead atoms. The van der Waals surface area contributed by atoms with E-state index in [-0.39, 0.29) is 6.10 Å². The summed E-state index contributed by atoms with van der Waals surface area (Å²) in [6, 6.07) is 0. The first kappa shape index (κ1) is 18.9. The van der Waals surface area contributed by atoms with Crippen molar-refractivity contribution in [3.05, 3.63) is 0 Å². The maximum Gasteiger partial charge on any atom is 0.0971 e. The van der Waals surface area contributed by atoms with Gasteiger partial charge in [-0.1, -0.05) is 52.4 Å². The number of ether oxygens (including phenoxy) is 1. The molecule has 0 aliphatic heterocycles. The molecule has 116 valence electrons. The van der Waals surface area contributed by atoms with Crippen LogP contribution in [-0.2, 0) is 14.9 Å². The summed E-state index contributed by atoms with van der Waals surface area (Å²) in [6.07, 6.45) is 8.45. The average Bonchev–Trinajstić information content (AvgIpc) is 2.31. The van der Waals surface area contributed by atoms with Crippen molar-refractivity contribution in [1.82, 2.24) is 0 Å². The Kier molecular flexibility index (Phi) is 10.6. The van der Waals surface area contributed by atoms with Crippen molar-refractivity contribution in [3.63, 3.8) is 0 Å². The molecule has 0 aromatic carbocycles. The second-order valence-corrected chi connectivity index (χ2v) is 6.71. The lowest BCUT2D eigenvalue weighted by Crippen LogP contribution is -2.27. The molecule has 0 aromatic rings. The zero-order valence-corrected chi connectivity index (χ0v) is 13.4. The fourth-order valence-electron chi connectivity index (χ4n) is 2.09. The van der Waals surface area contributed by atoms with Crippen LogP contribution in [0.2, 0.25) is 0 Å². The van der Waals surface area contributed by atoms with E-state index in [0.29, 0.717) is 6.42 Å². The van der Waals surface area contributed by atoms with Crippen LogP contribution in [0, 0.1) is 0 Å². The Morgan fingerprint density at radius 3 is 2.16 bits per heavy atom. The van der Waals surface area contributed by atoms with E-state index in [1.165, 1.54) is 32.1 Å². The quantitative estimate of drug-likeness (QED) is 0.408. The van der Waals surface area contributed by atoms with Crippen LogP contribution in [0.1, 0.15) is 72.1 Å². The minimum atomic E-state index is -4.19. The second kappa shape index (κ2) is 10.6. The van der Waals surface area contributed by atoms with E-state index in [9.17, 15) is 13.0 Å². The molecular formula is C14H29O4S-. The van der Waals surface area contributed by atoms with E-state index >= 15 is 0 Å². The van der Waals surface area contributed by atoms with Crippen molar-refractivity contribution < 1.29 is 17.7 Å². The smallest absolute Gasteiger partial charge is 0.0971 e. The third-order valence-electron chi connectivity index (χ3n) is 3.23. The van der Waals surface area contributed by atoms with E-state index in [1.54, 1.807) is 0 Å². The minimum Gasteiger partial charge on any atom is -0.748 e. The molecule has 2 unspecified atom stereocenters. The molecular weight excluding hydrogens is 264 g/mol. The van der Waals surface area contributed by atoms with Gasteiger partial charge in [0.2, 0.25) is 0 Å². The Balaban J connectivity index is 3.73. The summed E-state index contributed by atoms with van der Waals surface area (Å²) >= 11 is 0. The predicted octanol–water partition coefficient (Wildman–Crippen LogP) is 3.47. The van der Waals surface area contributed by atoms with Gasteiger partial charge in [-0.3, -0.25) is 0 Å². The van der Waals surface area contributed by atoms with Crippen LogP contribution in [0.25, 0.3) is 0 Å². The van der Waals surface area contributed by atoms with Gasteiger partial charge < -0.3 is 9.29 Å². The molecule has 0 fully saturated rings. The fourth-order valence-corrected chi connectivity index (χ4v) is 2.86. The van der Waals surface area contributed by atoms with Gasteiger partial charge in [0.05, 0.1) is 28.1 Å². The van der Waals surface area contributed by atoms with Crippen molar-refractivity contribution >= 4 is 10.1 Å². The molecule has 0 radical (unpaired) electrons. The summed E-state index contributed by atoms with van der Waals surface area (Å²) in [7, 11) is -4.19. The van der Waals surface area contributed by atoms with Crippen molar-refractivity contribution in [2.24, 2.45) is 0 Å². The van der Waals surface area contributed by atoms with Crippen LogP contribution in [0.3, 0.4) is 0 Å². The van der Waals surface area contributed by atoms with Gasteiger partial charge in [-0.25, -0.2) is 8.42 Å². The maximum absolute atomic E-state index is 10.7. The van der Waals surface area contributed by atoms with Crippen molar-refractivity contribution in [2.45, 2.75) is 84.3 Å². The summed E-state index contributed by atoms with van der Waals surface area (Å²) in [5.74, 6) is -0.412. The third kappa shape index (κ3) is 12.6. The van der Waals surface area contributed by atoms with Gasteiger partial charge in [-0.05, 0) is 19.8 Å². The SMILES string of the molecule is CCCCCCCCC(C)OC(CC)CS(=O)(=O)[O-]. The van der Waals surface area contributed by atoms with Crippen LogP contribution < -0.4 is 0 Å². The Morgan fingerprint density at radius 1 is 1.05 bits per heavy atom. The van der Waals surface area contributed by atoms with E-state index in [0.717, 1.165) is 12.8 Å². The van der Waals surface area contributed by atoms with Crippen LogP contribution in [0.5, 0.6) is 0 Å². The highest BCUT2D eigenvalue weighted by molar-refractivity contribution is 7.85. The summed E-state index contributed by atoms with van der Waals surface area (Å²) in [5.41, 5.74) is 0. The van der Waals surface area contributed by atoms with Crippen molar-refractivity contribution in [2.75, 3.05) is 5.75 Å². The van der Waals surface area contributed by atoms with E-state index in [2.05, 4.69) is 6.92 Å². The van der Waals surface area contributed by atoms with Crippen LogP contribution in [-0.4, -0.2) is 30.9 Å².